The molecular weight excluding hydrogens is 252 g/mol. The normalized spacial score (nSPS) is 10.2. The maximum atomic E-state index is 9.17. The smallest absolute Gasteiger partial charge is 0.140 e. The van der Waals surface area contributed by atoms with Crippen LogP contribution in [-0.4, -0.2) is 16.9 Å². The van der Waals surface area contributed by atoms with Gasteiger partial charge in [-0.1, -0.05) is 25.5 Å². The molecule has 0 aliphatic rings. The zero-order valence-electron chi connectivity index (χ0n) is 11.8. The predicted molar refractivity (Wildman–Crippen MR) is 77.4 cm³/mol. The summed E-state index contributed by atoms with van der Waals surface area (Å²) in [6, 6.07) is 9.86. The van der Waals surface area contributed by atoms with Gasteiger partial charge in [-0.25, -0.2) is 4.68 Å². The molecule has 5 nitrogen and oxygen atoms in total. The second-order valence-corrected chi connectivity index (χ2v) is 4.57. The molecule has 0 spiro atoms. The molecule has 5 heteroatoms. The first-order valence-electron chi connectivity index (χ1n) is 6.57. The summed E-state index contributed by atoms with van der Waals surface area (Å²) >= 11 is 0. The highest BCUT2D eigenvalue weighted by Crippen LogP contribution is 2.19. The van der Waals surface area contributed by atoms with Gasteiger partial charge in [0.2, 0.25) is 0 Å². The molecule has 0 aliphatic heterocycles. The summed E-state index contributed by atoms with van der Waals surface area (Å²) in [7, 11) is 1.64. The summed E-state index contributed by atoms with van der Waals surface area (Å²) in [5.74, 6) is 1.25. The van der Waals surface area contributed by atoms with Crippen LogP contribution in [-0.2, 0) is 13.0 Å². The molecule has 2 rings (SSSR count). The molecule has 1 aromatic heterocycles. The minimum Gasteiger partial charge on any atom is -0.497 e. The Labute approximate surface area is 118 Å². The first-order valence-corrected chi connectivity index (χ1v) is 6.57. The highest BCUT2D eigenvalue weighted by molar-refractivity contribution is 5.52. The van der Waals surface area contributed by atoms with E-state index in [9.17, 15) is 5.26 Å². The maximum Gasteiger partial charge on any atom is 0.140 e. The largest absolute Gasteiger partial charge is 0.497 e. The van der Waals surface area contributed by atoms with E-state index in [4.69, 9.17) is 10.5 Å². The van der Waals surface area contributed by atoms with Gasteiger partial charge in [-0.05, 0) is 24.1 Å². The quantitative estimate of drug-likeness (QED) is 0.904. The van der Waals surface area contributed by atoms with Gasteiger partial charge in [0.25, 0.3) is 0 Å². The first kappa shape index (κ1) is 13.9. The highest BCUT2D eigenvalue weighted by Gasteiger charge is 2.14. The van der Waals surface area contributed by atoms with E-state index in [2.05, 4.69) is 18.1 Å². The van der Waals surface area contributed by atoms with E-state index in [0.29, 0.717) is 17.9 Å². The molecule has 0 saturated heterocycles. The number of hydrogen-bond donors (Lipinski definition) is 1. The van der Waals surface area contributed by atoms with E-state index in [1.807, 2.05) is 24.3 Å². The van der Waals surface area contributed by atoms with Crippen LogP contribution in [0, 0.1) is 11.3 Å². The summed E-state index contributed by atoms with van der Waals surface area (Å²) in [5, 5.41) is 13.6. The zero-order chi connectivity index (χ0) is 14.5. The Kier molecular flexibility index (Phi) is 4.26. The van der Waals surface area contributed by atoms with E-state index >= 15 is 0 Å². The van der Waals surface area contributed by atoms with Gasteiger partial charge in [0.05, 0.1) is 19.3 Å². The number of anilines is 1. The van der Waals surface area contributed by atoms with Crippen molar-refractivity contribution in [1.29, 1.82) is 5.26 Å². The van der Waals surface area contributed by atoms with Crippen molar-refractivity contribution in [3.05, 3.63) is 41.1 Å². The number of aromatic nitrogens is 2. The summed E-state index contributed by atoms with van der Waals surface area (Å²) in [4.78, 5) is 0. The Bertz CT molecular complexity index is 623. The van der Waals surface area contributed by atoms with Gasteiger partial charge in [0.15, 0.2) is 0 Å². The van der Waals surface area contributed by atoms with Crippen molar-refractivity contribution >= 4 is 5.82 Å². The van der Waals surface area contributed by atoms with Gasteiger partial charge in [-0.15, -0.1) is 0 Å². The van der Waals surface area contributed by atoms with E-state index < -0.39 is 0 Å². The fourth-order valence-corrected chi connectivity index (χ4v) is 2.08. The fourth-order valence-electron chi connectivity index (χ4n) is 2.08. The molecule has 0 amide bonds. The molecule has 2 N–H and O–H groups in total. The number of aryl methyl sites for hydroxylation is 1. The SMILES string of the molecule is CCCc1nn(Cc2ccc(OC)cc2)c(N)c1C#N. The molecule has 2 aromatic rings. The molecule has 0 saturated carbocycles. The minimum absolute atomic E-state index is 0.437. The average molecular weight is 270 g/mol. The summed E-state index contributed by atoms with van der Waals surface area (Å²) in [6.45, 7) is 2.61. The lowest BCUT2D eigenvalue weighted by Crippen LogP contribution is -2.06. The summed E-state index contributed by atoms with van der Waals surface area (Å²) < 4.78 is 6.81. The van der Waals surface area contributed by atoms with Crippen LogP contribution in [0.3, 0.4) is 0 Å². The van der Waals surface area contributed by atoms with Gasteiger partial charge in [-0.2, -0.15) is 10.4 Å². The monoisotopic (exact) mass is 270 g/mol. The van der Waals surface area contributed by atoms with Gasteiger partial charge in [-0.3, -0.25) is 0 Å². The molecule has 0 radical (unpaired) electrons. The Balaban J connectivity index is 2.26. The number of ether oxygens (including phenoxy) is 1. The van der Waals surface area contributed by atoms with Crippen LogP contribution >= 0.6 is 0 Å². The molecule has 1 aromatic carbocycles. The van der Waals surface area contributed by atoms with Gasteiger partial charge in [0.1, 0.15) is 23.2 Å². The van der Waals surface area contributed by atoms with Crippen LogP contribution in [0.5, 0.6) is 5.75 Å². The number of nitrogens with two attached hydrogens (primary N) is 1. The summed E-state index contributed by atoms with van der Waals surface area (Å²) in [6.07, 6.45) is 1.70. The molecule has 104 valence electrons. The number of methoxy groups -OCH3 is 1. The molecule has 0 atom stereocenters. The molecule has 20 heavy (non-hydrogen) atoms. The van der Waals surface area contributed by atoms with Crippen molar-refractivity contribution in [3.8, 4) is 11.8 Å². The standard InChI is InChI=1S/C15H18N4O/c1-3-4-14-13(9-16)15(17)19(18-14)10-11-5-7-12(20-2)8-6-11/h5-8H,3-4,10,17H2,1-2H3. The topological polar surface area (TPSA) is 76.9 Å². The third kappa shape index (κ3) is 2.75. The molecule has 0 bridgehead atoms. The van der Waals surface area contributed by atoms with Gasteiger partial charge in [0, 0.05) is 0 Å². The van der Waals surface area contributed by atoms with Gasteiger partial charge < -0.3 is 10.5 Å². The predicted octanol–water partition coefficient (Wildman–Crippen LogP) is 2.35. The molecular formula is C15H18N4O. The first-order chi connectivity index (χ1) is 9.69. The Morgan fingerprint density at radius 2 is 2.05 bits per heavy atom. The molecule has 0 fully saturated rings. The van der Waals surface area contributed by atoms with E-state index in [1.54, 1.807) is 11.8 Å². The Hall–Kier alpha value is -2.48. The van der Waals surface area contributed by atoms with Crippen molar-refractivity contribution in [2.45, 2.75) is 26.3 Å². The molecule has 0 unspecified atom stereocenters. The lowest BCUT2D eigenvalue weighted by molar-refractivity contribution is 0.414. The second-order valence-electron chi connectivity index (χ2n) is 4.57. The summed E-state index contributed by atoms with van der Waals surface area (Å²) in [5.41, 5.74) is 8.34. The number of hydrogen-bond acceptors (Lipinski definition) is 4. The van der Waals surface area contributed by atoms with E-state index in [1.165, 1.54) is 0 Å². The van der Waals surface area contributed by atoms with Crippen LogP contribution in [0.2, 0.25) is 0 Å². The maximum absolute atomic E-state index is 9.17. The van der Waals surface area contributed by atoms with Crippen molar-refractivity contribution in [1.82, 2.24) is 9.78 Å². The van der Waals surface area contributed by atoms with E-state index in [-0.39, 0.29) is 0 Å². The van der Waals surface area contributed by atoms with Crippen molar-refractivity contribution in [2.24, 2.45) is 0 Å². The van der Waals surface area contributed by atoms with Crippen LogP contribution < -0.4 is 10.5 Å². The molecule has 0 aliphatic carbocycles. The lowest BCUT2D eigenvalue weighted by atomic mass is 10.1. The lowest BCUT2D eigenvalue weighted by Gasteiger charge is -2.05. The fraction of sp³-hybridized carbons (Fsp3) is 0.333. The van der Waals surface area contributed by atoms with Gasteiger partial charge >= 0.3 is 0 Å². The van der Waals surface area contributed by atoms with Crippen molar-refractivity contribution < 1.29 is 4.74 Å². The third-order valence-electron chi connectivity index (χ3n) is 3.15. The van der Waals surface area contributed by atoms with Crippen molar-refractivity contribution in [2.75, 3.05) is 12.8 Å². The number of nitrogens with zero attached hydrogens (tertiary/aromatic N) is 3. The van der Waals surface area contributed by atoms with Crippen molar-refractivity contribution in [3.63, 3.8) is 0 Å². The number of nitrogen functional groups attached to an aromatic ring is 1. The number of nitriles is 1. The van der Waals surface area contributed by atoms with Crippen LogP contribution in [0.15, 0.2) is 24.3 Å². The minimum atomic E-state index is 0.437. The van der Waals surface area contributed by atoms with Crippen LogP contribution in [0.25, 0.3) is 0 Å². The second kappa shape index (κ2) is 6.11. The molecule has 1 heterocycles. The van der Waals surface area contributed by atoms with Crippen LogP contribution in [0.4, 0.5) is 5.82 Å². The van der Waals surface area contributed by atoms with E-state index in [0.717, 1.165) is 29.8 Å². The number of benzene rings is 1. The number of rotatable bonds is 5. The third-order valence-corrected chi connectivity index (χ3v) is 3.15. The average Bonchev–Trinajstić information content (AvgIpc) is 2.76. The Morgan fingerprint density at radius 3 is 2.60 bits per heavy atom. The van der Waals surface area contributed by atoms with Crippen LogP contribution in [0.1, 0.15) is 30.2 Å². The highest BCUT2D eigenvalue weighted by atomic mass is 16.5. The Morgan fingerprint density at radius 1 is 1.35 bits per heavy atom. The zero-order valence-corrected chi connectivity index (χ0v) is 11.8.